The number of hydrogen-bond donors (Lipinski definition) is 0. The van der Waals surface area contributed by atoms with Gasteiger partial charge in [-0.2, -0.15) is 0 Å². The summed E-state index contributed by atoms with van der Waals surface area (Å²) in [5.74, 6) is 0.755. The molecule has 0 amide bonds. The molecule has 6 heteroatoms. The average molecular weight is 348 g/mol. The van der Waals surface area contributed by atoms with Crippen LogP contribution in [0, 0.1) is 0 Å². The summed E-state index contributed by atoms with van der Waals surface area (Å²) in [5.41, 5.74) is 0.863. The number of benzene rings is 1. The van der Waals surface area contributed by atoms with Gasteiger partial charge < -0.3 is 23.7 Å². The Kier molecular flexibility index (Phi) is 7.50. The first-order valence-electron chi connectivity index (χ1n) is 8.14. The molecule has 1 aliphatic heterocycles. The Labute approximate surface area is 148 Å². The second-order valence-corrected chi connectivity index (χ2v) is 5.47. The highest BCUT2D eigenvalue weighted by molar-refractivity contribution is 5.60. The van der Waals surface area contributed by atoms with Crippen LogP contribution in [0.5, 0.6) is 5.75 Å². The second kappa shape index (κ2) is 9.86. The molecule has 2 rings (SSSR count). The number of carbonyl (C=O) groups excluding carboxylic acids is 1. The van der Waals surface area contributed by atoms with E-state index in [1.165, 1.54) is 0 Å². The number of rotatable bonds is 8. The van der Waals surface area contributed by atoms with Crippen LogP contribution in [0.15, 0.2) is 49.6 Å². The molecule has 0 aromatic heterocycles. The van der Waals surface area contributed by atoms with Gasteiger partial charge in [0.25, 0.3) is 0 Å². The molecule has 25 heavy (non-hydrogen) atoms. The lowest BCUT2D eigenvalue weighted by Crippen LogP contribution is -2.43. The summed E-state index contributed by atoms with van der Waals surface area (Å²) in [6, 6.07) is 7.42. The Morgan fingerprint density at radius 2 is 2.04 bits per heavy atom. The Morgan fingerprint density at radius 1 is 1.28 bits per heavy atom. The van der Waals surface area contributed by atoms with E-state index in [9.17, 15) is 4.79 Å². The summed E-state index contributed by atoms with van der Waals surface area (Å²) < 4.78 is 27.1. The lowest BCUT2D eigenvalue weighted by Gasteiger charge is -2.35. The Balaban J connectivity index is 1.95. The molecule has 0 aliphatic carbocycles. The van der Waals surface area contributed by atoms with Gasteiger partial charge in [-0.25, -0.2) is 4.79 Å². The van der Waals surface area contributed by atoms with Crippen LogP contribution in [0.25, 0.3) is 0 Å². The predicted molar refractivity (Wildman–Crippen MR) is 92.4 cm³/mol. The number of methoxy groups -OCH3 is 1. The highest BCUT2D eigenvalue weighted by Gasteiger charge is 2.35. The van der Waals surface area contributed by atoms with Crippen LogP contribution in [0.2, 0.25) is 0 Å². The first-order valence-corrected chi connectivity index (χ1v) is 8.14. The monoisotopic (exact) mass is 348 g/mol. The number of carbonyl (C=O) groups is 1. The molecular formula is C19H24O6. The van der Waals surface area contributed by atoms with Crippen molar-refractivity contribution in [1.82, 2.24) is 0 Å². The molecule has 0 saturated carbocycles. The van der Waals surface area contributed by atoms with Crippen LogP contribution in [0.1, 0.15) is 24.7 Å². The third-order valence-electron chi connectivity index (χ3n) is 3.70. The van der Waals surface area contributed by atoms with Gasteiger partial charge in [0.15, 0.2) is 12.4 Å². The van der Waals surface area contributed by atoms with Gasteiger partial charge in [-0.3, -0.25) is 0 Å². The van der Waals surface area contributed by atoms with E-state index in [2.05, 4.69) is 13.2 Å². The standard InChI is InChI=1S/C19H24O6/c1-4-6-12-22-19(20)25-17-13-23-18(24-16(17)7-5-2)14-8-10-15(21-3)11-9-14/h4-5,8-11,16-18H,1-2,6-7,12-13H2,3H3/t16-,17-,18?/m0/s1. The molecule has 136 valence electrons. The fraction of sp³-hybridized carbons (Fsp3) is 0.421. The SMILES string of the molecule is C=CCCOC(=O)O[C@H]1COC(c2ccc(OC)cc2)O[C@H]1CC=C. The van der Waals surface area contributed by atoms with E-state index in [0.29, 0.717) is 12.8 Å². The number of ether oxygens (including phenoxy) is 5. The molecule has 1 aromatic carbocycles. The highest BCUT2D eigenvalue weighted by Crippen LogP contribution is 2.30. The van der Waals surface area contributed by atoms with Gasteiger partial charge in [-0.1, -0.05) is 24.3 Å². The Hall–Kier alpha value is -2.31. The first-order chi connectivity index (χ1) is 12.2. The van der Waals surface area contributed by atoms with E-state index in [-0.39, 0.29) is 19.3 Å². The van der Waals surface area contributed by atoms with E-state index >= 15 is 0 Å². The lowest BCUT2D eigenvalue weighted by atomic mass is 10.1. The fourth-order valence-corrected chi connectivity index (χ4v) is 2.38. The third kappa shape index (κ3) is 5.62. The maximum absolute atomic E-state index is 11.7. The van der Waals surface area contributed by atoms with Crippen molar-refractivity contribution < 1.29 is 28.5 Å². The lowest BCUT2D eigenvalue weighted by molar-refractivity contribution is -0.257. The molecule has 6 nitrogen and oxygen atoms in total. The van der Waals surface area contributed by atoms with Gasteiger partial charge >= 0.3 is 6.16 Å². The molecule has 0 radical (unpaired) electrons. The zero-order chi connectivity index (χ0) is 18.1. The van der Waals surface area contributed by atoms with Gasteiger partial charge in [0, 0.05) is 5.56 Å². The van der Waals surface area contributed by atoms with E-state index in [0.717, 1.165) is 11.3 Å². The Bertz CT molecular complexity index is 568. The molecule has 1 aromatic rings. The van der Waals surface area contributed by atoms with Crippen LogP contribution in [0.3, 0.4) is 0 Å². The van der Waals surface area contributed by atoms with Gasteiger partial charge in [-0.05, 0) is 25.0 Å². The zero-order valence-corrected chi connectivity index (χ0v) is 14.4. The van der Waals surface area contributed by atoms with E-state index in [4.69, 9.17) is 23.7 Å². The van der Waals surface area contributed by atoms with Crippen molar-refractivity contribution in [1.29, 1.82) is 0 Å². The highest BCUT2D eigenvalue weighted by atomic mass is 16.8. The normalized spacial score (nSPS) is 22.7. The predicted octanol–water partition coefficient (Wildman–Crippen LogP) is 3.78. The van der Waals surface area contributed by atoms with Crippen molar-refractivity contribution in [3.8, 4) is 5.75 Å². The van der Waals surface area contributed by atoms with Crippen LogP contribution in [-0.4, -0.2) is 38.7 Å². The summed E-state index contributed by atoms with van der Waals surface area (Å²) >= 11 is 0. The molecule has 1 aliphatic rings. The minimum atomic E-state index is -0.740. The largest absolute Gasteiger partial charge is 0.508 e. The van der Waals surface area contributed by atoms with Gasteiger partial charge in [-0.15, -0.1) is 13.2 Å². The van der Waals surface area contributed by atoms with Crippen LogP contribution in [-0.2, 0) is 18.9 Å². The maximum atomic E-state index is 11.7. The van der Waals surface area contributed by atoms with Gasteiger partial charge in [0.05, 0.1) is 20.3 Å². The summed E-state index contributed by atoms with van der Waals surface area (Å²) in [5, 5.41) is 0. The van der Waals surface area contributed by atoms with Crippen molar-refractivity contribution in [3.05, 3.63) is 55.1 Å². The van der Waals surface area contributed by atoms with Gasteiger partial charge in [0.1, 0.15) is 11.9 Å². The average Bonchev–Trinajstić information content (AvgIpc) is 2.64. The molecule has 0 bridgehead atoms. The second-order valence-electron chi connectivity index (χ2n) is 5.47. The quantitative estimate of drug-likeness (QED) is 0.405. The summed E-state index contributed by atoms with van der Waals surface area (Å²) in [6.07, 6.45) is 2.31. The van der Waals surface area contributed by atoms with Crippen LogP contribution in [0.4, 0.5) is 4.79 Å². The Morgan fingerprint density at radius 3 is 2.68 bits per heavy atom. The van der Waals surface area contributed by atoms with E-state index in [1.54, 1.807) is 19.3 Å². The molecule has 1 saturated heterocycles. The minimum absolute atomic E-state index is 0.214. The number of hydrogen-bond acceptors (Lipinski definition) is 6. The third-order valence-corrected chi connectivity index (χ3v) is 3.70. The topological polar surface area (TPSA) is 63.2 Å². The fourth-order valence-electron chi connectivity index (χ4n) is 2.38. The molecular weight excluding hydrogens is 324 g/mol. The van der Waals surface area contributed by atoms with Crippen LogP contribution < -0.4 is 4.74 Å². The van der Waals surface area contributed by atoms with Crippen LogP contribution >= 0.6 is 0 Å². The van der Waals surface area contributed by atoms with Crippen molar-refractivity contribution in [3.63, 3.8) is 0 Å². The molecule has 0 N–H and O–H groups in total. The molecule has 1 heterocycles. The first kappa shape index (κ1) is 19.0. The molecule has 1 unspecified atom stereocenters. The maximum Gasteiger partial charge on any atom is 0.508 e. The summed E-state index contributed by atoms with van der Waals surface area (Å²) in [6.45, 7) is 7.74. The summed E-state index contributed by atoms with van der Waals surface area (Å²) in [7, 11) is 1.61. The molecule has 0 spiro atoms. The smallest absolute Gasteiger partial charge is 0.497 e. The van der Waals surface area contributed by atoms with Crippen molar-refractivity contribution in [2.75, 3.05) is 20.3 Å². The zero-order valence-electron chi connectivity index (χ0n) is 14.4. The molecule has 1 fully saturated rings. The summed E-state index contributed by atoms with van der Waals surface area (Å²) in [4.78, 5) is 11.7. The van der Waals surface area contributed by atoms with E-state index in [1.807, 2.05) is 24.3 Å². The minimum Gasteiger partial charge on any atom is -0.497 e. The van der Waals surface area contributed by atoms with Crippen molar-refractivity contribution >= 4 is 6.16 Å². The van der Waals surface area contributed by atoms with Gasteiger partial charge in [0.2, 0.25) is 0 Å². The van der Waals surface area contributed by atoms with Crippen molar-refractivity contribution in [2.45, 2.75) is 31.3 Å². The van der Waals surface area contributed by atoms with Crippen molar-refractivity contribution in [2.24, 2.45) is 0 Å². The van der Waals surface area contributed by atoms with E-state index < -0.39 is 18.5 Å². The molecule has 3 atom stereocenters.